The zero-order chi connectivity index (χ0) is 21.4. The summed E-state index contributed by atoms with van der Waals surface area (Å²) in [5.41, 5.74) is 1.48. The van der Waals surface area contributed by atoms with Crippen LogP contribution in [0.5, 0.6) is 0 Å². The normalized spacial score (nSPS) is 15.8. The molecular weight excluding hydrogens is 408 g/mol. The van der Waals surface area contributed by atoms with E-state index in [4.69, 9.17) is 17.3 Å². The lowest BCUT2D eigenvalue weighted by Crippen LogP contribution is -2.46. The summed E-state index contributed by atoms with van der Waals surface area (Å²) in [5.74, 6) is 0.546. The van der Waals surface area contributed by atoms with Crippen molar-refractivity contribution in [3.63, 3.8) is 0 Å². The second-order valence-electron chi connectivity index (χ2n) is 8.01. The Morgan fingerprint density at radius 2 is 1.61 bits per heavy atom. The van der Waals surface area contributed by atoms with Crippen LogP contribution in [0.2, 0.25) is 0 Å². The average Bonchev–Trinajstić information content (AvgIpc) is 3.12. The maximum atomic E-state index is 13.4. The summed E-state index contributed by atoms with van der Waals surface area (Å²) in [6.45, 7) is 8.09. The maximum absolute atomic E-state index is 13.4. The fourth-order valence-electron chi connectivity index (χ4n) is 4.37. The van der Waals surface area contributed by atoms with Crippen LogP contribution < -0.4 is 5.56 Å². The van der Waals surface area contributed by atoms with E-state index < -0.39 is 0 Å². The maximum Gasteiger partial charge on any atom is 0.267 e. The van der Waals surface area contributed by atoms with Crippen LogP contribution >= 0.6 is 12.2 Å². The van der Waals surface area contributed by atoms with Crippen molar-refractivity contribution >= 4 is 28.9 Å². The molecule has 1 aliphatic heterocycles. The molecule has 0 radical (unpaired) electrons. The number of hydrogen-bond acceptors (Lipinski definition) is 5. The second kappa shape index (κ2) is 8.37. The summed E-state index contributed by atoms with van der Waals surface area (Å²) < 4.78 is 6.04. The minimum absolute atomic E-state index is 0.0883. The van der Waals surface area contributed by atoms with Crippen molar-refractivity contribution in [2.75, 3.05) is 32.7 Å². The molecule has 0 unspecified atom stereocenters. The lowest BCUT2D eigenvalue weighted by Gasteiger charge is -2.34. The molecule has 5 rings (SSSR count). The summed E-state index contributed by atoms with van der Waals surface area (Å²) in [7, 11) is 0. The number of piperazine rings is 1. The van der Waals surface area contributed by atoms with Gasteiger partial charge in [0.15, 0.2) is 0 Å². The van der Waals surface area contributed by atoms with E-state index >= 15 is 0 Å². The predicted molar refractivity (Wildman–Crippen MR) is 125 cm³/mol. The molecule has 0 saturated carbocycles. The van der Waals surface area contributed by atoms with Crippen LogP contribution in [-0.4, -0.2) is 61.3 Å². The Bertz CT molecular complexity index is 1330. The monoisotopic (exact) mass is 434 g/mol. The molecule has 1 saturated heterocycles. The van der Waals surface area contributed by atoms with Gasteiger partial charge in [-0.15, -0.1) is 5.10 Å². The first-order chi connectivity index (χ1) is 15.2. The summed E-state index contributed by atoms with van der Waals surface area (Å²) in [6, 6.07) is 17.2. The van der Waals surface area contributed by atoms with Crippen LogP contribution in [0.1, 0.15) is 13.3 Å². The van der Waals surface area contributed by atoms with Gasteiger partial charge in [-0.3, -0.25) is 14.1 Å². The summed E-state index contributed by atoms with van der Waals surface area (Å²) >= 11 is 5.85. The van der Waals surface area contributed by atoms with Crippen molar-refractivity contribution in [3.8, 4) is 5.69 Å². The first kappa shape index (κ1) is 20.1. The molecule has 0 aliphatic carbocycles. The number of hydrogen-bond donors (Lipinski definition) is 0. The first-order valence-electron chi connectivity index (χ1n) is 10.8. The first-order valence-corrected chi connectivity index (χ1v) is 11.2. The number of rotatable bonds is 5. The molecule has 0 spiro atoms. The van der Waals surface area contributed by atoms with Crippen LogP contribution in [0.25, 0.3) is 22.4 Å². The zero-order valence-electron chi connectivity index (χ0n) is 17.6. The van der Waals surface area contributed by atoms with E-state index in [-0.39, 0.29) is 5.56 Å². The minimum atomic E-state index is -0.0883. The van der Waals surface area contributed by atoms with Crippen molar-refractivity contribution in [1.29, 1.82) is 0 Å². The lowest BCUT2D eigenvalue weighted by molar-refractivity contribution is 0.103. The number of fused-ring (bicyclic) bond motifs is 3. The fraction of sp³-hybridized carbons (Fsp3) is 0.348. The highest BCUT2D eigenvalue weighted by atomic mass is 32.1. The molecular formula is C23H26N6OS. The third-order valence-corrected chi connectivity index (χ3v) is 6.35. The molecule has 2 aromatic carbocycles. The van der Waals surface area contributed by atoms with Gasteiger partial charge in [-0.2, -0.15) is 0 Å². The molecule has 0 amide bonds. The summed E-state index contributed by atoms with van der Waals surface area (Å²) in [6.07, 6.45) is 1.18. The fourth-order valence-corrected chi connectivity index (χ4v) is 4.65. The molecule has 2 aromatic heterocycles. The van der Waals surface area contributed by atoms with Crippen molar-refractivity contribution < 1.29 is 0 Å². The van der Waals surface area contributed by atoms with Crippen LogP contribution in [0.4, 0.5) is 0 Å². The molecule has 4 aromatic rings. The molecule has 0 atom stereocenters. The molecule has 1 aliphatic rings. The van der Waals surface area contributed by atoms with E-state index in [0.29, 0.717) is 22.6 Å². The highest BCUT2D eigenvalue weighted by Crippen LogP contribution is 2.18. The van der Waals surface area contributed by atoms with Crippen LogP contribution in [-0.2, 0) is 6.67 Å². The molecule has 3 heterocycles. The van der Waals surface area contributed by atoms with Crippen molar-refractivity contribution in [3.05, 3.63) is 69.7 Å². The van der Waals surface area contributed by atoms with Gasteiger partial charge in [-0.1, -0.05) is 37.3 Å². The molecule has 0 N–H and O–H groups in total. The predicted octanol–water partition coefficient (Wildman–Crippen LogP) is 3.15. The van der Waals surface area contributed by atoms with E-state index in [9.17, 15) is 4.79 Å². The van der Waals surface area contributed by atoms with E-state index in [1.807, 2.05) is 63.7 Å². The van der Waals surface area contributed by atoms with Gasteiger partial charge < -0.3 is 4.90 Å². The minimum Gasteiger partial charge on any atom is -0.301 e. The zero-order valence-corrected chi connectivity index (χ0v) is 18.5. The smallest absolute Gasteiger partial charge is 0.267 e. The SMILES string of the molecule is CCCN1CCN(Cn2nc3n(-c4ccccc4)c(=O)c4ccccc4n3c2=S)CC1. The lowest BCUT2D eigenvalue weighted by atomic mass is 10.2. The highest BCUT2D eigenvalue weighted by Gasteiger charge is 2.20. The van der Waals surface area contributed by atoms with E-state index in [2.05, 4.69) is 16.7 Å². The number of nitrogens with zero attached hydrogens (tertiary/aromatic N) is 6. The van der Waals surface area contributed by atoms with Crippen LogP contribution in [0.15, 0.2) is 59.4 Å². The van der Waals surface area contributed by atoms with Gasteiger partial charge in [0, 0.05) is 26.2 Å². The molecule has 31 heavy (non-hydrogen) atoms. The Morgan fingerprint density at radius 1 is 0.935 bits per heavy atom. The molecule has 8 heteroatoms. The number of aromatic nitrogens is 4. The van der Waals surface area contributed by atoms with Gasteiger partial charge in [0.1, 0.15) is 0 Å². The Balaban J connectivity index is 1.63. The third-order valence-electron chi connectivity index (χ3n) is 5.95. The Labute approximate surface area is 185 Å². The Hall–Kier alpha value is -2.81. The molecule has 160 valence electrons. The average molecular weight is 435 g/mol. The van der Waals surface area contributed by atoms with Gasteiger partial charge in [0.05, 0.1) is 23.3 Å². The molecule has 7 nitrogen and oxygen atoms in total. The third kappa shape index (κ3) is 3.60. The van der Waals surface area contributed by atoms with E-state index in [0.717, 1.165) is 43.9 Å². The van der Waals surface area contributed by atoms with E-state index in [1.54, 1.807) is 4.57 Å². The number of para-hydroxylation sites is 2. The Morgan fingerprint density at radius 3 is 2.35 bits per heavy atom. The van der Waals surface area contributed by atoms with E-state index in [1.165, 1.54) is 6.42 Å². The number of benzene rings is 2. The second-order valence-corrected chi connectivity index (χ2v) is 8.38. The van der Waals surface area contributed by atoms with Gasteiger partial charge in [0.2, 0.25) is 10.5 Å². The Kier molecular flexibility index (Phi) is 5.43. The van der Waals surface area contributed by atoms with Gasteiger partial charge in [-0.25, -0.2) is 9.25 Å². The largest absolute Gasteiger partial charge is 0.301 e. The molecule has 1 fully saturated rings. The van der Waals surface area contributed by atoms with Crippen LogP contribution in [0.3, 0.4) is 0 Å². The van der Waals surface area contributed by atoms with Gasteiger partial charge in [-0.05, 0) is 49.4 Å². The van der Waals surface area contributed by atoms with Crippen molar-refractivity contribution in [2.45, 2.75) is 20.0 Å². The standard InChI is InChI=1S/C23H26N6OS/c1-2-12-25-13-15-26(16-14-25)17-27-23(31)29-20-11-7-6-10-19(20)21(30)28(22(29)24-27)18-8-4-3-5-9-18/h3-11H,2,12-17H2,1H3. The van der Waals surface area contributed by atoms with Crippen molar-refractivity contribution in [2.24, 2.45) is 0 Å². The highest BCUT2D eigenvalue weighted by molar-refractivity contribution is 7.71. The summed E-state index contributed by atoms with van der Waals surface area (Å²) in [5, 5.41) is 5.46. The van der Waals surface area contributed by atoms with Crippen LogP contribution in [0, 0.1) is 4.77 Å². The summed E-state index contributed by atoms with van der Waals surface area (Å²) in [4.78, 5) is 18.3. The molecule has 0 bridgehead atoms. The van der Waals surface area contributed by atoms with Gasteiger partial charge >= 0.3 is 0 Å². The quantitative estimate of drug-likeness (QED) is 0.452. The van der Waals surface area contributed by atoms with Gasteiger partial charge in [0.25, 0.3) is 5.56 Å². The van der Waals surface area contributed by atoms with Crippen molar-refractivity contribution in [1.82, 2.24) is 28.5 Å². The topological polar surface area (TPSA) is 50.7 Å².